The Labute approximate surface area is 221 Å². The number of carbonyl (C=O) groups excluding carboxylic acids is 1. The van der Waals surface area contributed by atoms with E-state index < -0.39 is 60.4 Å². The summed E-state index contributed by atoms with van der Waals surface area (Å²) in [5.41, 5.74) is -2.69. The van der Waals surface area contributed by atoms with Gasteiger partial charge < -0.3 is 14.2 Å². The van der Waals surface area contributed by atoms with Gasteiger partial charge in [-0.1, -0.05) is 6.07 Å². The zero-order valence-electron chi connectivity index (χ0n) is 21.4. The standard InChI is InChI=1S/C26H25F5N4O4/c1-24(2,3)39-23(36)34-22-35-25(4,21(13-37-22)38-14-26(29,30)31)17-9-15(5-7-18(17)27)10-19(28)20-8-6-16(11-32)12-33-20/h5-10,12,21H,13-14H2,1-4H3,(H,34,35,36)/b19-10-/t21-,25+/m0/s1. The third-order valence-corrected chi connectivity index (χ3v) is 5.35. The summed E-state index contributed by atoms with van der Waals surface area (Å²) in [7, 11) is 0. The summed E-state index contributed by atoms with van der Waals surface area (Å²) in [6.45, 7) is 3.95. The number of nitrogens with one attached hydrogen (secondary N) is 1. The highest BCUT2D eigenvalue weighted by Crippen LogP contribution is 2.37. The summed E-state index contributed by atoms with van der Waals surface area (Å²) in [6, 6.07) is 7.54. The lowest BCUT2D eigenvalue weighted by Gasteiger charge is -2.38. The van der Waals surface area contributed by atoms with Gasteiger partial charge in [0, 0.05) is 11.8 Å². The molecule has 8 nitrogen and oxygen atoms in total. The Kier molecular flexibility index (Phi) is 8.60. The van der Waals surface area contributed by atoms with Crippen LogP contribution in [-0.4, -0.2) is 48.2 Å². The number of rotatable bonds is 5. The van der Waals surface area contributed by atoms with E-state index in [-0.39, 0.29) is 22.4 Å². The molecule has 1 aliphatic rings. The van der Waals surface area contributed by atoms with Crippen LogP contribution in [0.5, 0.6) is 0 Å². The number of aliphatic imine (C=N–C) groups is 1. The van der Waals surface area contributed by atoms with Crippen LogP contribution in [0.25, 0.3) is 11.9 Å². The molecule has 1 aromatic heterocycles. The minimum atomic E-state index is -4.69. The molecular formula is C26H25F5N4O4. The molecule has 1 amide bonds. The van der Waals surface area contributed by atoms with Crippen LogP contribution in [0.15, 0.2) is 41.5 Å². The van der Waals surface area contributed by atoms with Gasteiger partial charge in [-0.25, -0.2) is 23.9 Å². The fourth-order valence-corrected chi connectivity index (χ4v) is 3.57. The SMILES string of the molecule is CC(C)(C)OC(=O)NC1=N[C@](C)(c2cc(/C=C(\F)c3ccc(C#N)cn3)ccc2F)[C@@H](OCC(F)(F)F)CO1. The second-order valence-electron chi connectivity index (χ2n) is 9.69. The average Bonchev–Trinajstić information content (AvgIpc) is 2.82. The maximum Gasteiger partial charge on any atom is 0.415 e. The van der Waals surface area contributed by atoms with Crippen molar-refractivity contribution in [3.8, 4) is 6.07 Å². The number of aromatic nitrogens is 1. The van der Waals surface area contributed by atoms with Crippen molar-refractivity contribution in [3.63, 3.8) is 0 Å². The first-order valence-electron chi connectivity index (χ1n) is 11.5. The third kappa shape index (κ3) is 7.97. The van der Waals surface area contributed by atoms with Crippen molar-refractivity contribution in [2.45, 2.75) is 51.1 Å². The predicted octanol–water partition coefficient (Wildman–Crippen LogP) is 5.63. The Hall–Kier alpha value is -4.05. The zero-order valence-corrected chi connectivity index (χ0v) is 21.4. The number of nitrogens with zero attached hydrogens (tertiary/aromatic N) is 3. The first-order chi connectivity index (χ1) is 18.1. The molecule has 2 heterocycles. The Morgan fingerprint density at radius 3 is 2.59 bits per heavy atom. The molecule has 0 unspecified atom stereocenters. The van der Waals surface area contributed by atoms with Crippen molar-refractivity contribution >= 4 is 24.0 Å². The summed E-state index contributed by atoms with van der Waals surface area (Å²) < 4.78 is 84.3. The molecular weight excluding hydrogens is 527 g/mol. The van der Waals surface area contributed by atoms with E-state index in [0.29, 0.717) is 0 Å². The largest absolute Gasteiger partial charge is 0.462 e. The van der Waals surface area contributed by atoms with Gasteiger partial charge in [0.05, 0.1) is 11.3 Å². The minimum absolute atomic E-state index is 0.0922. The number of amidine groups is 1. The summed E-state index contributed by atoms with van der Waals surface area (Å²) in [5, 5.41) is 11.1. The Morgan fingerprint density at radius 1 is 1.28 bits per heavy atom. The summed E-state index contributed by atoms with van der Waals surface area (Å²) >= 11 is 0. The van der Waals surface area contributed by atoms with Gasteiger partial charge in [-0.15, -0.1) is 0 Å². The second kappa shape index (κ2) is 11.4. The second-order valence-corrected chi connectivity index (χ2v) is 9.69. The van der Waals surface area contributed by atoms with Gasteiger partial charge in [-0.05, 0) is 63.6 Å². The smallest absolute Gasteiger partial charge is 0.415 e. The van der Waals surface area contributed by atoms with Crippen LogP contribution >= 0.6 is 0 Å². The van der Waals surface area contributed by atoms with Crippen LogP contribution in [0.3, 0.4) is 0 Å². The number of alkyl carbamates (subject to hydrolysis) is 1. The number of pyridine rings is 1. The molecule has 39 heavy (non-hydrogen) atoms. The van der Waals surface area contributed by atoms with Crippen LogP contribution in [-0.2, 0) is 19.7 Å². The predicted molar refractivity (Wildman–Crippen MR) is 130 cm³/mol. The van der Waals surface area contributed by atoms with Crippen molar-refractivity contribution < 1.29 is 41.0 Å². The molecule has 208 valence electrons. The lowest BCUT2D eigenvalue weighted by atomic mass is 9.85. The number of carbonyl (C=O) groups is 1. The maximum atomic E-state index is 15.1. The van der Waals surface area contributed by atoms with E-state index in [2.05, 4.69) is 15.3 Å². The topological polar surface area (TPSA) is 106 Å². The number of hydrogen-bond acceptors (Lipinski definition) is 7. The molecule has 3 rings (SSSR count). The highest BCUT2D eigenvalue weighted by Gasteiger charge is 2.45. The number of ether oxygens (including phenoxy) is 3. The first-order valence-corrected chi connectivity index (χ1v) is 11.5. The van der Waals surface area contributed by atoms with Crippen molar-refractivity contribution in [1.29, 1.82) is 5.26 Å². The molecule has 0 spiro atoms. The third-order valence-electron chi connectivity index (χ3n) is 5.35. The Bertz CT molecular complexity index is 1310. The van der Waals surface area contributed by atoms with E-state index in [4.69, 9.17) is 19.5 Å². The summed E-state index contributed by atoms with van der Waals surface area (Å²) in [4.78, 5) is 20.3. The van der Waals surface area contributed by atoms with E-state index in [1.54, 1.807) is 20.8 Å². The highest BCUT2D eigenvalue weighted by atomic mass is 19.4. The fraction of sp³-hybridized carbons (Fsp3) is 0.385. The molecule has 2 atom stereocenters. The van der Waals surface area contributed by atoms with Gasteiger partial charge in [0.1, 0.15) is 48.2 Å². The molecule has 1 aliphatic heterocycles. The lowest BCUT2D eigenvalue weighted by molar-refractivity contribution is -0.197. The number of benzene rings is 1. The highest BCUT2D eigenvalue weighted by molar-refractivity contribution is 5.91. The van der Waals surface area contributed by atoms with E-state index in [1.807, 2.05) is 6.07 Å². The minimum Gasteiger partial charge on any atom is -0.462 e. The number of hydrogen-bond donors (Lipinski definition) is 1. The summed E-state index contributed by atoms with van der Waals surface area (Å²) in [6.07, 6.45) is -4.87. The van der Waals surface area contributed by atoms with Crippen LogP contribution < -0.4 is 5.32 Å². The Balaban J connectivity index is 2.01. The van der Waals surface area contributed by atoms with E-state index in [0.717, 1.165) is 12.1 Å². The number of amides is 1. The first kappa shape index (κ1) is 29.5. The van der Waals surface area contributed by atoms with Crippen LogP contribution in [0.4, 0.5) is 26.7 Å². The Morgan fingerprint density at radius 2 is 2.00 bits per heavy atom. The van der Waals surface area contributed by atoms with Gasteiger partial charge in [0.2, 0.25) is 0 Å². The van der Waals surface area contributed by atoms with E-state index in [1.165, 1.54) is 37.4 Å². The number of alkyl halides is 3. The van der Waals surface area contributed by atoms with Gasteiger partial charge in [-0.3, -0.25) is 4.98 Å². The molecule has 0 bridgehead atoms. The van der Waals surface area contributed by atoms with Crippen LogP contribution in [0.2, 0.25) is 0 Å². The van der Waals surface area contributed by atoms with Crippen molar-refractivity contribution in [3.05, 3.63) is 64.7 Å². The molecule has 0 saturated heterocycles. The number of halogens is 5. The molecule has 2 aromatic rings. The quantitative estimate of drug-likeness (QED) is 0.482. The molecule has 0 aliphatic carbocycles. The molecule has 0 saturated carbocycles. The van der Waals surface area contributed by atoms with Gasteiger partial charge in [0.25, 0.3) is 6.02 Å². The normalized spacial score (nSPS) is 19.9. The lowest BCUT2D eigenvalue weighted by Crippen LogP contribution is -2.50. The van der Waals surface area contributed by atoms with Crippen molar-refractivity contribution in [2.24, 2.45) is 4.99 Å². The molecule has 13 heteroatoms. The molecule has 1 aromatic carbocycles. The van der Waals surface area contributed by atoms with E-state index in [9.17, 15) is 22.4 Å². The van der Waals surface area contributed by atoms with Crippen LogP contribution in [0.1, 0.15) is 50.1 Å². The van der Waals surface area contributed by atoms with Gasteiger partial charge in [0.15, 0.2) is 0 Å². The molecule has 0 radical (unpaired) electrons. The van der Waals surface area contributed by atoms with E-state index >= 15 is 4.39 Å². The molecule has 1 N–H and O–H groups in total. The van der Waals surface area contributed by atoms with Crippen LogP contribution in [0, 0.1) is 17.1 Å². The van der Waals surface area contributed by atoms with Crippen molar-refractivity contribution in [2.75, 3.05) is 13.2 Å². The number of nitriles is 1. The molecule has 0 fully saturated rings. The zero-order chi connectivity index (χ0) is 29.0. The van der Waals surface area contributed by atoms with Gasteiger partial charge >= 0.3 is 12.3 Å². The monoisotopic (exact) mass is 552 g/mol. The fourth-order valence-electron chi connectivity index (χ4n) is 3.57. The van der Waals surface area contributed by atoms with Gasteiger partial charge in [-0.2, -0.15) is 18.4 Å². The maximum absolute atomic E-state index is 15.1. The van der Waals surface area contributed by atoms with Crippen molar-refractivity contribution in [1.82, 2.24) is 10.3 Å². The average molecular weight is 553 g/mol. The summed E-state index contributed by atoms with van der Waals surface area (Å²) in [5.74, 6) is -1.68.